The molecule has 0 saturated heterocycles. The van der Waals surface area contributed by atoms with Gasteiger partial charge in [-0.2, -0.15) is 0 Å². The van der Waals surface area contributed by atoms with Gasteiger partial charge in [0.15, 0.2) is 0 Å². The molecule has 0 atom stereocenters. The molecule has 6 N–H and O–H groups in total. The lowest BCUT2D eigenvalue weighted by Crippen LogP contribution is -2.41. The van der Waals surface area contributed by atoms with Gasteiger partial charge in [-0.05, 0) is 0 Å². The minimum atomic E-state index is -0.0417. The zero-order chi connectivity index (χ0) is 6.62. The summed E-state index contributed by atoms with van der Waals surface area (Å²) in [5.41, 5.74) is 16.1. The van der Waals surface area contributed by atoms with Crippen molar-refractivity contribution in [2.24, 2.45) is 22.6 Å². The maximum absolute atomic E-state index is 5.37. The third-order valence-corrected chi connectivity index (χ3v) is 1.48. The topological polar surface area (TPSA) is 78.1 Å². The first-order chi connectivity index (χ1) is 3.68. The predicted octanol–water partition coefficient (Wildman–Crippen LogP) is -1.13. The Morgan fingerprint density at radius 2 is 1.25 bits per heavy atom. The fraction of sp³-hybridized carbons (Fsp3) is 1.00. The van der Waals surface area contributed by atoms with Crippen LogP contribution in [-0.4, -0.2) is 19.6 Å². The largest absolute Gasteiger partial charge is 0.330 e. The first kappa shape index (κ1) is 7.88. The molecule has 0 aromatic carbocycles. The molecule has 0 aliphatic carbocycles. The van der Waals surface area contributed by atoms with Crippen LogP contribution in [0.25, 0.3) is 0 Å². The van der Waals surface area contributed by atoms with E-state index in [0.29, 0.717) is 19.6 Å². The van der Waals surface area contributed by atoms with Crippen LogP contribution in [-0.2, 0) is 0 Å². The number of hydrogen-bond donors (Lipinski definition) is 3. The van der Waals surface area contributed by atoms with E-state index in [0.717, 1.165) is 0 Å². The van der Waals surface area contributed by atoms with E-state index >= 15 is 0 Å². The SMILES string of the molecule is CC(CN)(CN)CN. The Labute approximate surface area is 50.2 Å². The standard InChI is InChI=1S/C5H15N3/c1-5(2-6,3-7)4-8/h2-4,6-8H2,1H3. The quantitative estimate of drug-likeness (QED) is 0.437. The molecule has 0 aliphatic heterocycles. The molecular formula is C5H15N3. The maximum Gasteiger partial charge on any atom is 0.00423 e. The second-order valence-electron chi connectivity index (χ2n) is 2.42. The van der Waals surface area contributed by atoms with Gasteiger partial charge in [-0.1, -0.05) is 6.92 Å². The van der Waals surface area contributed by atoms with Crippen LogP contribution in [0.1, 0.15) is 6.92 Å². The first-order valence-electron chi connectivity index (χ1n) is 2.79. The van der Waals surface area contributed by atoms with Crippen LogP contribution in [0.5, 0.6) is 0 Å². The lowest BCUT2D eigenvalue weighted by molar-refractivity contribution is 0.361. The number of rotatable bonds is 3. The molecule has 0 aliphatic rings. The average Bonchev–Trinajstić information content (AvgIpc) is 1.87. The molecule has 0 heterocycles. The Morgan fingerprint density at radius 3 is 1.25 bits per heavy atom. The van der Waals surface area contributed by atoms with Crippen molar-refractivity contribution in [1.29, 1.82) is 0 Å². The van der Waals surface area contributed by atoms with Crippen molar-refractivity contribution in [1.82, 2.24) is 0 Å². The third-order valence-electron chi connectivity index (χ3n) is 1.48. The first-order valence-corrected chi connectivity index (χ1v) is 2.79. The summed E-state index contributed by atoms with van der Waals surface area (Å²) in [4.78, 5) is 0. The summed E-state index contributed by atoms with van der Waals surface area (Å²) in [7, 11) is 0. The Hall–Kier alpha value is -0.120. The average molecular weight is 117 g/mol. The van der Waals surface area contributed by atoms with E-state index in [2.05, 4.69) is 0 Å². The molecule has 0 rings (SSSR count). The summed E-state index contributed by atoms with van der Waals surface area (Å²) in [5.74, 6) is 0. The van der Waals surface area contributed by atoms with Gasteiger partial charge in [-0.15, -0.1) is 0 Å². The molecule has 0 fully saturated rings. The van der Waals surface area contributed by atoms with Crippen LogP contribution in [0.3, 0.4) is 0 Å². The zero-order valence-corrected chi connectivity index (χ0v) is 5.35. The summed E-state index contributed by atoms with van der Waals surface area (Å²) in [6, 6.07) is 0. The summed E-state index contributed by atoms with van der Waals surface area (Å²) >= 11 is 0. The highest BCUT2D eigenvalue weighted by atomic mass is 14.7. The number of hydrogen-bond acceptors (Lipinski definition) is 3. The molecule has 0 saturated carbocycles. The summed E-state index contributed by atoms with van der Waals surface area (Å²) in [6.45, 7) is 3.69. The van der Waals surface area contributed by atoms with E-state index in [9.17, 15) is 0 Å². The molecule has 3 nitrogen and oxygen atoms in total. The molecule has 0 aromatic heterocycles. The van der Waals surface area contributed by atoms with E-state index < -0.39 is 0 Å². The third kappa shape index (κ3) is 1.78. The molecule has 0 spiro atoms. The summed E-state index contributed by atoms with van der Waals surface area (Å²) < 4.78 is 0. The van der Waals surface area contributed by atoms with Crippen LogP contribution >= 0.6 is 0 Å². The van der Waals surface area contributed by atoms with Crippen LogP contribution in [0.4, 0.5) is 0 Å². The van der Waals surface area contributed by atoms with E-state index in [1.54, 1.807) is 0 Å². The van der Waals surface area contributed by atoms with Crippen molar-refractivity contribution < 1.29 is 0 Å². The van der Waals surface area contributed by atoms with Crippen LogP contribution in [0.15, 0.2) is 0 Å². The smallest absolute Gasteiger partial charge is 0.00423 e. The lowest BCUT2D eigenvalue weighted by atomic mass is 9.92. The highest BCUT2D eigenvalue weighted by Crippen LogP contribution is 2.07. The van der Waals surface area contributed by atoms with Gasteiger partial charge in [0.25, 0.3) is 0 Å². The van der Waals surface area contributed by atoms with E-state index in [-0.39, 0.29) is 5.41 Å². The molecule has 3 heteroatoms. The minimum absolute atomic E-state index is 0.0417. The molecule has 0 aromatic rings. The monoisotopic (exact) mass is 117 g/mol. The second-order valence-corrected chi connectivity index (χ2v) is 2.42. The molecule has 0 radical (unpaired) electrons. The fourth-order valence-corrected chi connectivity index (χ4v) is 0.250. The molecular weight excluding hydrogens is 102 g/mol. The van der Waals surface area contributed by atoms with Gasteiger partial charge < -0.3 is 17.2 Å². The van der Waals surface area contributed by atoms with Crippen molar-refractivity contribution in [2.45, 2.75) is 6.92 Å². The molecule has 0 unspecified atom stereocenters. The molecule has 0 bridgehead atoms. The van der Waals surface area contributed by atoms with Crippen LogP contribution in [0.2, 0.25) is 0 Å². The normalized spacial score (nSPS) is 12.0. The van der Waals surface area contributed by atoms with Gasteiger partial charge in [-0.3, -0.25) is 0 Å². The van der Waals surface area contributed by atoms with E-state index in [1.807, 2.05) is 6.92 Å². The van der Waals surface area contributed by atoms with Crippen molar-refractivity contribution in [3.63, 3.8) is 0 Å². The summed E-state index contributed by atoms with van der Waals surface area (Å²) in [5, 5.41) is 0. The van der Waals surface area contributed by atoms with Gasteiger partial charge >= 0.3 is 0 Å². The van der Waals surface area contributed by atoms with Crippen molar-refractivity contribution in [3.05, 3.63) is 0 Å². The Bertz CT molecular complexity index is 50.4. The van der Waals surface area contributed by atoms with Gasteiger partial charge in [0.05, 0.1) is 0 Å². The van der Waals surface area contributed by atoms with Crippen molar-refractivity contribution in [2.75, 3.05) is 19.6 Å². The van der Waals surface area contributed by atoms with Crippen LogP contribution in [0, 0.1) is 5.41 Å². The Kier molecular flexibility index (Phi) is 2.97. The zero-order valence-electron chi connectivity index (χ0n) is 5.35. The van der Waals surface area contributed by atoms with Gasteiger partial charge in [0, 0.05) is 25.0 Å². The highest BCUT2D eigenvalue weighted by Gasteiger charge is 2.16. The summed E-state index contributed by atoms with van der Waals surface area (Å²) in [6.07, 6.45) is 0. The Morgan fingerprint density at radius 1 is 1.00 bits per heavy atom. The minimum Gasteiger partial charge on any atom is -0.330 e. The van der Waals surface area contributed by atoms with Gasteiger partial charge in [0.1, 0.15) is 0 Å². The number of nitrogens with two attached hydrogens (primary N) is 3. The predicted molar refractivity (Wildman–Crippen MR) is 35.3 cm³/mol. The lowest BCUT2D eigenvalue weighted by Gasteiger charge is -2.22. The Balaban J connectivity index is 3.58. The van der Waals surface area contributed by atoms with E-state index in [1.165, 1.54) is 0 Å². The second kappa shape index (κ2) is 3.02. The van der Waals surface area contributed by atoms with Gasteiger partial charge in [-0.25, -0.2) is 0 Å². The molecule has 0 amide bonds. The fourth-order valence-electron chi connectivity index (χ4n) is 0.250. The van der Waals surface area contributed by atoms with Crippen LogP contribution < -0.4 is 17.2 Å². The van der Waals surface area contributed by atoms with Gasteiger partial charge in [0.2, 0.25) is 0 Å². The molecule has 50 valence electrons. The van der Waals surface area contributed by atoms with Crippen molar-refractivity contribution in [3.8, 4) is 0 Å². The maximum atomic E-state index is 5.37. The highest BCUT2D eigenvalue weighted by molar-refractivity contribution is 4.76. The molecule has 8 heavy (non-hydrogen) atoms. The van der Waals surface area contributed by atoms with E-state index in [4.69, 9.17) is 17.2 Å². The van der Waals surface area contributed by atoms with Crippen molar-refractivity contribution >= 4 is 0 Å².